The van der Waals surface area contributed by atoms with Crippen LogP contribution in [-0.4, -0.2) is 58.8 Å². The third-order valence-electron chi connectivity index (χ3n) is 5.98. The lowest BCUT2D eigenvalue weighted by atomic mass is 10.1. The second-order valence-corrected chi connectivity index (χ2v) is 8.42. The third kappa shape index (κ3) is 5.62. The fourth-order valence-electron chi connectivity index (χ4n) is 3.86. The number of likely N-dealkylation sites (N-methyl/N-ethyl adjacent to an activating group) is 1. The van der Waals surface area contributed by atoms with Gasteiger partial charge in [-0.2, -0.15) is 4.98 Å². The summed E-state index contributed by atoms with van der Waals surface area (Å²) >= 11 is 0. The molecule has 2 heterocycles. The predicted molar refractivity (Wildman–Crippen MR) is 127 cm³/mol. The molecule has 0 saturated carbocycles. The van der Waals surface area contributed by atoms with Crippen LogP contribution < -0.4 is 15.1 Å². The van der Waals surface area contributed by atoms with Crippen LogP contribution in [0.5, 0.6) is 0 Å². The van der Waals surface area contributed by atoms with Crippen molar-refractivity contribution in [3.63, 3.8) is 0 Å². The molecule has 2 N–H and O–H groups in total. The van der Waals surface area contributed by atoms with Gasteiger partial charge in [0.2, 0.25) is 5.95 Å². The van der Waals surface area contributed by atoms with Crippen LogP contribution in [-0.2, 0) is 6.54 Å². The first kappa shape index (κ1) is 24.3. The van der Waals surface area contributed by atoms with E-state index >= 15 is 0 Å². The molecular formula is C24H25F3N6O2. The standard InChI is InChI=1S/C24H25F3N6O2/c1-15-13-32(10-9-31(15)2)21-6-4-17(12-20(21)27)29-23-28-8-7-22(30-23)33(24(34)35)14-16-3-5-18(25)19(26)11-16/h3-8,11-12,15H,9-10,13-14H2,1-2H3,(H,34,35)(H,28,29,30). The zero-order valence-corrected chi connectivity index (χ0v) is 19.3. The number of hydrogen-bond donors (Lipinski definition) is 2. The summed E-state index contributed by atoms with van der Waals surface area (Å²) in [6.45, 7) is 4.12. The number of nitrogens with one attached hydrogen (secondary N) is 1. The first-order valence-corrected chi connectivity index (χ1v) is 11.0. The van der Waals surface area contributed by atoms with E-state index in [0.717, 1.165) is 30.1 Å². The Hall–Kier alpha value is -3.86. The molecular weight excluding hydrogens is 461 g/mol. The molecule has 1 fully saturated rings. The van der Waals surface area contributed by atoms with Crippen molar-refractivity contribution in [2.24, 2.45) is 0 Å². The van der Waals surface area contributed by atoms with E-state index in [4.69, 9.17) is 0 Å². The van der Waals surface area contributed by atoms with Gasteiger partial charge in [-0.25, -0.2) is 22.9 Å². The number of amides is 1. The van der Waals surface area contributed by atoms with Crippen molar-refractivity contribution in [2.75, 3.05) is 41.8 Å². The number of halogens is 3. The monoisotopic (exact) mass is 486 g/mol. The summed E-state index contributed by atoms with van der Waals surface area (Å²) in [7, 11) is 2.04. The average Bonchev–Trinajstić information content (AvgIpc) is 2.82. The lowest BCUT2D eigenvalue weighted by Gasteiger charge is -2.39. The zero-order chi connectivity index (χ0) is 25.1. The van der Waals surface area contributed by atoms with Crippen molar-refractivity contribution in [3.8, 4) is 0 Å². The molecule has 8 nitrogen and oxygen atoms in total. The molecule has 35 heavy (non-hydrogen) atoms. The highest BCUT2D eigenvalue weighted by atomic mass is 19.2. The highest BCUT2D eigenvalue weighted by molar-refractivity contribution is 5.84. The fourth-order valence-corrected chi connectivity index (χ4v) is 3.86. The minimum Gasteiger partial charge on any atom is -0.465 e. The van der Waals surface area contributed by atoms with E-state index in [1.54, 1.807) is 12.1 Å². The Morgan fingerprint density at radius 3 is 2.60 bits per heavy atom. The molecule has 1 amide bonds. The molecule has 1 saturated heterocycles. The van der Waals surface area contributed by atoms with Gasteiger partial charge < -0.3 is 20.2 Å². The third-order valence-corrected chi connectivity index (χ3v) is 5.98. The molecule has 11 heteroatoms. The van der Waals surface area contributed by atoms with E-state index in [9.17, 15) is 23.1 Å². The highest BCUT2D eigenvalue weighted by Gasteiger charge is 2.23. The lowest BCUT2D eigenvalue weighted by Crippen LogP contribution is -2.50. The summed E-state index contributed by atoms with van der Waals surface area (Å²) in [6.07, 6.45) is 0.0125. The number of anilines is 4. The lowest BCUT2D eigenvalue weighted by molar-refractivity contribution is 0.201. The van der Waals surface area contributed by atoms with Crippen molar-refractivity contribution in [3.05, 3.63) is 71.7 Å². The number of benzene rings is 2. The Kier molecular flexibility index (Phi) is 7.06. The van der Waals surface area contributed by atoms with Gasteiger partial charge in [-0.15, -0.1) is 0 Å². The van der Waals surface area contributed by atoms with Gasteiger partial charge in [0.25, 0.3) is 0 Å². The Bertz CT molecular complexity index is 1230. The van der Waals surface area contributed by atoms with Crippen LogP contribution in [0.3, 0.4) is 0 Å². The van der Waals surface area contributed by atoms with Crippen LogP contribution in [0.25, 0.3) is 0 Å². The second kappa shape index (κ2) is 10.2. The first-order chi connectivity index (χ1) is 16.7. The zero-order valence-electron chi connectivity index (χ0n) is 19.3. The smallest absolute Gasteiger partial charge is 0.413 e. The van der Waals surface area contributed by atoms with Crippen LogP contribution >= 0.6 is 0 Å². The Balaban J connectivity index is 1.50. The van der Waals surface area contributed by atoms with Crippen molar-refractivity contribution in [1.29, 1.82) is 0 Å². The highest BCUT2D eigenvalue weighted by Crippen LogP contribution is 2.27. The number of piperazine rings is 1. The molecule has 1 unspecified atom stereocenters. The SMILES string of the molecule is CC1CN(c2ccc(Nc3nccc(N(Cc4ccc(F)c(F)c4)C(=O)O)n3)cc2F)CCN1C. The minimum atomic E-state index is -1.34. The summed E-state index contributed by atoms with van der Waals surface area (Å²) in [6, 6.07) is 9.55. The van der Waals surface area contributed by atoms with Gasteiger partial charge in [0.05, 0.1) is 12.2 Å². The molecule has 1 atom stereocenters. The average molecular weight is 486 g/mol. The normalized spacial score (nSPS) is 16.3. The van der Waals surface area contributed by atoms with Crippen LogP contribution in [0.15, 0.2) is 48.7 Å². The molecule has 1 aromatic heterocycles. The Morgan fingerprint density at radius 2 is 1.91 bits per heavy atom. The van der Waals surface area contributed by atoms with Crippen LogP contribution in [0, 0.1) is 17.5 Å². The van der Waals surface area contributed by atoms with E-state index in [1.165, 1.54) is 24.4 Å². The molecule has 3 aromatic rings. The molecule has 1 aliphatic heterocycles. The van der Waals surface area contributed by atoms with E-state index in [2.05, 4.69) is 27.1 Å². The minimum absolute atomic E-state index is 0.0169. The van der Waals surface area contributed by atoms with Crippen molar-refractivity contribution in [1.82, 2.24) is 14.9 Å². The van der Waals surface area contributed by atoms with Crippen molar-refractivity contribution < 1.29 is 23.1 Å². The maximum absolute atomic E-state index is 14.9. The second-order valence-electron chi connectivity index (χ2n) is 8.42. The van der Waals surface area contributed by atoms with Gasteiger partial charge >= 0.3 is 6.09 Å². The van der Waals surface area contributed by atoms with Gasteiger partial charge in [0.15, 0.2) is 11.6 Å². The molecule has 1 aliphatic rings. The quantitative estimate of drug-likeness (QED) is 0.532. The van der Waals surface area contributed by atoms with E-state index in [0.29, 0.717) is 24.0 Å². The summed E-state index contributed by atoms with van der Waals surface area (Å²) in [5.74, 6) is -2.42. The maximum Gasteiger partial charge on any atom is 0.413 e. The number of aromatic nitrogens is 2. The van der Waals surface area contributed by atoms with E-state index in [1.807, 2.05) is 11.9 Å². The maximum atomic E-state index is 14.9. The van der Waals surface area contributed by atoms with Gasteiger partial charge in [-0.3, -0.25) is 4.90 Å². The summed E-state index contributed by atoms with van der Waals surface area (Å²) in [4.78, 5) is 25.2. The predicted octanol–water partition coefficient (Wildman–Crippen LogP) is 4.46. The molecule has 4 rings (SSSR count). The molecule has 0 spiro atoms. The molecule has 184 valence electrons. The van der Waals surface area contributed by atoms with Crippen molar-refractivity contribution in [2.45, 2.75) is 19.5 Å². The molecule has 0 radical (unpaired) electrons. The largest absolute Gasteiger partial charge is 0.465 e. The Labute approximate surface area is 200 Å². The van der Waals surface area contributed by atoms with Gasteiger partial charge in [0.1, 0.15) is 11.6 Å². The molecule has 0 bridgehead atoms. The molecule has 2 aromatic carbocycles. The number of nitrogens with zero attached hydrogens (tertiary/aromatic N) is 5. The van der Waals surface area contributed by atoms with E-state index in [-0.39, 0.29) is 23.9 Å². The van der Waals surface area contributed by atoms with Gasteiger partial charge in [-0.05, 0) is 55.9 Å². The van der Waals surface area contributed by atoms with Crippen LogP contribution in [0.2, 0.25) is 0 Å². The van der Waals surface area contributed by atoms with Gasteiger partial charge in [0, 0.05) is 37.6 Å². The molecule has 0 aliphatic carbocycles. The van der Waals surface area contributed by atoms with Crippen molar-refractivity contribution >= 4 is 29.2 Å². The Morgan fingerprint density at radius 1 is 1.11 bits per heavy atom. The van der Waals surface area contributed by atoms with Crippen LogP contribution in [0.4, 0.5) is 41.1 Å². The summed E-state index contributed by atoms with van der Waals surface area (Å²) in [5.41, 5.74) is 1.15. The number of carboxylic acid groups (broad SMARTS) is 1. The first-order valence-electron chi connectivity index (χ1n) is 11.0. The topological polar surface area (TPSA) is 84.8 Å². The summed E-state index contributed by atoms with van der Waals surface area (Å²) in [5, 5.41) is 12.5. The fraction of sp³-hybridized carbons (Fsp3) is 0.292. The van der Waals surface area contributed by atoms with Crippen LogP contribution in [0.1, 0.15) is 12.5 Å². The number of carbonyl (C=O) groups is 1. The number of rotatable bonds is 6. The van der Waals surface area contributed by atoms with E-state index < -0.39 is 23.5 Å². The number of hydrogen-bond acceptors (Lipinski definition) is 6. The van der Waals surface area contributed by atoms with Gasteiger partial charge in [-0.1, -0.05) is 6.07 Å². The summed E-state index contributed by atoms with van der Waals surface area (Å²) < 4.78 is 41.6.